The van der Waals surface area contributed by atoms with Gasteiger partial charge in [0.2, 0.25) is 0 Å². The number of nitrogen functional groups attached to an aromatic ring is 1. The van der Waals surface area contributed by atoms with E-state index in [-0.39, 0.29) is 6.04 Å². The highest BCUT2D eigenvalue weighted by atomic mass is 16.5. The second kappa shape index (κ2) is 6.16. The highest BCUT2D eigenvalue weighted by molar-refractivity contribution is 5.57. The van der Waals surface area contributed by atoms with Crippen LogP contribution in [0.3, 0.4) is 0 Å². The predicted molar refractivity (Wildman–Crippen MR) is 76.1 cm³/mol. The van der Waals surface area contributed by atoms with E-state index in [2.05, 4.69) is 27.6 Å². The molecule has 0 radical (unpaired) electrons. The molecule has 0 bridgehead atoms. The Labute approximate surface area is 114 Å². The second-order valence-corrected chi connectivity index (χ2v) is 5.03. The van der Waals surface area contributed by atoms with Crippen LogP contribution in [-0.2, 0) is 4.74 Å². The van der Waals surface area contributed by atoms with Crippen LogP contribution in [0.2, 0.25) is 0 Å². The maximum atomic E-state index is 5.53. The average Bonchev–Trinajstić information content (AvgIpc) is 3.23. The van der Waals surface area contributed by atoms with Gasteiger partial charge in [0.05, 0.1) is 6.61 Å². The Morgan fingerprint density at radius 2 is 2.05 bits per heavy atom. The van der Waals surface area contributed by atoms with E-state index in [0.29, 0.717) is 18.3 Å². The standard InChI is InChI=1S/C13H23N5O/c1-4-19-7-8(2)15-11-9(3)12(18-14)17-13(16-11)10-5-6-10/h8,10H,4-7,14H2,1-3H3,(H2,15,16,17,18). The lowest BCUT2D eigenvalue weighted by molar-refractivity contribution is 0.141. The van der Waals surface area contributed by atoms with Crippen molar-refractivity contribution in [2.75, 3.05) is 24.0 Å². The SMILES string of the molecule is CCOCC(C)Nc1nc(C2CC2)nc(NN)c1C. The van der Waals surface area contributed by atoms with Crippen molar-refractivity contribution in [1.82, 2.24) is 9.97 Å². The van der Waals surface area contributed by atoms with Gasteiger partial charge in [-0.15, -0.1) is 0 Å². The monoisotopic (exact) mass is 265 g/mol. The lowest BCUT2D eigenvalue weighted by Gasteiger charge is -2.18. The molecule has 4 N–H and O–H groups in total. The van der Waals surface area contributed by atoms with Crippen LogP contribution in [0.25, 0.3) is 0 Å². The number of aromatic nitrogens is 2. The number of nitrogens with zero attached hydrogens (tertiary/aromatic N) is 2. The molecular weight excluding hydrogens is 242 g/mol. The molecule has 1 saturated carbocycles. The minimum Gasteiger partial charge on any atom is -0.380 e. The van der Waals surface area contributed by atoms with Gasteiger partial charge in [0.15, 0.2) is 0 Å². The first-order valence-corrected chi connectivity index (χ1v) is 6.85. The smallest absolute Gasteiger partial charge is 0.148 e. The number of anilines is 2. The number of rotatable bonds is 7. The molecule has 6 heteroatoms. The maximum Gasteiger partial charge on any atom is 0.148 e. The first-order chi connectivity index (χ1) is 9.15. The summed E-state index contributed by atoms with van der Waals surface area (Å²) in [5.41, 5.74) is 3.59. The van der Waals surface area contributed by atoms with Crippen LogP contribution in [0.15, 0.2) is 0 Å². The fourth-order valence-corrected chi connectivity index (χ4v) is 1.91. The van der Waals surface area contributed by atoms with Gasteiger partial charge in [-0.05, 0) is 33.6 Å². The van der Waals surface area contributed by atoms with Crippen LogP contribution in [0.1, 0.15) is 44.0 Å². The van der Waals surface area contributed by atoms with Gasteiger partial charge in [-0.3, -0.25) is 0 Å². The fourth-order valence-electron chi connectivity index (χ4n) is 1.91. The van der Waals surface area contributed by atoms with E-state index in [1.165, 1.54) is 12.8 Å². The van der Waals surface area contributed by atoms with Crippen molar-refractivity contribution in [3.05, 3.63) is 11.4 Å². The van der Waals surface area contributed by atoms with Crippen molar-refractivity contribution in [1.29, 1.82) is 0 Å². The van der Waals surface area contributed by atoms with Gasteiger partial charge in [0, 0.05) is 24.1 Å². The topological polar surface area (TPSA) is 85.1 Å². The maximum absolute atomic E-state index is 5.53. The van der Waals surface area contributed by atoms with E-state index in [4.69, 9.17) is 10.6 Å². The Morgan fingerprint density at radius 3 is 2.63 bits per heavy atom. The first kappa shape index (κ1) is 14.0. The summed E-state index contributed by atoms with van der Waals surface area (Å²) in [7, 11) is 0. The molecule has 0 aliphatic heterocycles. The summed E-state index contributed by atoms with van der Waals surface area (Å²) < 4.78 is 5.41. The lowest BCUT2D eigenvalue weighted by Crippen LogP contribution is -2.24. The van der Waals surface area contributed by atoms with Crippen molar-refractivity contribution in [3.63, 3.8) is 0 Å². The minimum absolute atomic E-state index is 0.200. The largest absolute Gasteiger partial charge is 0.380 e. The predicted octanol–water partition coefficient (Wildman–Crippen LogP) is 1.78. The van der Waals surface area contributed by atoms with Crippen LogP contribution in [-0.4, -0.2) is 29.2 Å². The Morgan fingerprint density at radius 1 is 1.37 bits per heavy atom. The molecule has 1 heterocycles. The zero-order valence-electron chi connectivity index (χ0n) is 11.9. The molecule has 1 aromatic heterocycles. The molecule has 0 aromatic carbocycles. The van der Waals surface area contributed by atoms with Crippen molar-refractivity contribution >= 4 is 11.6 Å². The summed E-state index contributed by atoms with van der Waals surface area (Å²) >= 11 is 0. The molecule has 0 spiro atoms. The summed E-state index contributed by atoms with van der Waals surface area (Å²) in [6.45, 7) is 7.40. The number of ether oxygens (including phenoxy) is 1. The zero-order valence-corrected chi connectivity index (χ0v) is 11.9. The average molecular weight is 265 g/mol. The summed E-state index contributed by atoms with van der Waals surface area (Å²) in [6, 6.07) is 0.200. The first-order valence-electron chi connectivity index (χ1n) is 6.85. The Bertz CT molecular complexity index is 433. The third-order valence-electron chi connectivity index (χ3n) is 3.20. The van der Waals surface area contributed by atoms with Crippen LogP contribution in [0.5, 0.6) is 0 Å². The molecule has 1 aliphatic rings. The van der Waals surface area contributed by atoms with E-state index in [1.54, 1.807) is 0 Å². The summed E-state index contributed by atoms with van der Waals surface area (Å²) in [6.07, 6.45) is 2.34. The van der Waals surface area contributed by atoms with Crippen molar-refractivity contribution in [2.45, 2.75) is 45.6 Å². The molecule has 1 aromatic rings. The highest BCUT2D eigenvalue weighted by Crippen LogP contribution is 2.39. The zero-order chi connectivity index (χ0) is 13.8. The van der Waals surface area contributed by atoms with Crippen LogP contribution in [0.4, 0.5) is 11.6 Å². The highest BCUT2D eigenvalue weighted by Gasteiger charge is 2.28. The van der Waals surface area contributed by atoms with Gasteiger partial charge in [-0.25, -0.2) is 15.8 Å². The van der Waals surface area contributed by atoms with Gasteiger partial charge in [-0.2, -0.15) is 0 Å². The second-order valence-electron chi connectivity index (χ2n) is 5.03. The third-order valence-corrected chi connectivity index (χ3v) is 3.20. The van der Waals surface area contributed by atoms with Crippen LogP contribution < -0.4 is 16.6 Å². The molecule has 6 nitrogen and oxygen atoms in total. The minimum atomic E-state index is 0.200. The number of hydrogen-bond acceptors (Lipinski definition) is 6. The van der Waals surface area contributed by atoms with Gasteiger partial charge in [0.25, 0.3) is 0 Å². The number of hydrogen-bond donors (Lipinski definition) is 3. The Kier molecular flexibility index (Phi) is 4.55. The number of nitrogens with one attached hydrogen (secondary N) is 2. The van der Waals surface area contributed by atoms with E-state index in [0.717, 1.165) is 23.8 Å². The molecule has 0 saturated heterocycles. The normalized spacial score (nSPS) is 16.2. The van der Waals surface area contributed by atoms with E-state index < -0.39 is 0 Å². The van der Waals surface area contributed by atoms with Gasteiger partial charge in [0.1, 0.15) is 17.5 Å². The van der Waals surface area contributed by atoms with Crippen LogP contribution in [0, 0.1) is 6.92 Å². The number of hydrazine groups is 1. The van der Waals surface area contributed by atoms with E-state index >= 15 is 0 Å². The Hall–Kier alpha value is -1.40. The summed E-state index contributed by atoms with van der Waals surface area (Å²) in [5, 5.41) is 3.37. The van der Waals surface area contributed by atoms with Crippen molar-refractivity contribution < 1.29 is 4.74 Å². The molecule has 0 amide bonds. The van der Waals surface area contributed by atoms with Gasteiger partial charge < -0.3 is 15.5 Å². The third kappa shape index (κ3) is 3.54. The van der Waals surface area contributed by atoms with Gasteiger partial charge >= 0.3 is 0 Å². The van der Waals surface area contributed by atoms with Gasteiger partial charge in [-0.1, -0.05) is 0 Å². The molecular formula is C13H23N5O. The molecule has 1 unspecified atom stereocenters. The fraction of sp³-hybridized carbons (Fsp3) is 0.692. The molecule has 1 aliphatic carbocycles. The molecule has 19 heavy (non-hydrogen) atoms. The van der Waals surface area contributed by atoms with Crippen molar-refractivity contribution in [3.8, 4) is 0 Å². The molecule has 106 valence electrons. The summed E-state index contributed by atoms with van der Waals surface area (Å²) in [5.74, 6) is 8.44. The van der Waals surface area contributed by atoms with E-state index in [1.807, 2.05) is 13.8 Å². The number of nitrogens with two attached hydrogens (primary N) is 1. The molecule has 1 atom stereocenters. The Balaban J connectivity index is 2.15. The lowest BCUT2D eigenvalue weighted by atomic mass is 10.2. The van der Waals surface area contributed by atoms with Crippen molar-refractivity contribution in [2.24, 2.45) is 5.84 Å². The summed E-state index contributed by atoms with van der Waals surface area (Å²) in [4.78, 5) is 9.08. The molecule has 2 rings (SSSR count). The van der Waals surface area contributed by atoms with Crippen LogP contribution >= 0.6 is 0 Å². The molecule has 1 fully saturated rings. The van der Waals surface area contributed by atoms with E-state index in [9.17, 15) is 0 Å². The quantitative estimate of drug-likeness (QED) is 0.515.